The molecule has 0 saturated heterocycles. The van der Waals surface area contributed by atoms with Crippen LogP contribution >= 0.6 is 11.8 Å². The molecule has 12 heavy (non-hydrogen) atoms. The van der Waals surface area contributed by atoms with Crippen LogP contribution < -0.4 is 5.73 Å². The average Bonchev–Trinajstić information content (AvgIpc) is 2.03. The first-order chi connectivity index (χ1) is 5.66. The van der Waals surface area contributed by atoms with E-state index in [2.05, 4.69) is 0 Å². The van der Waals surface area contributed by atoms with Crippen LogP contribution in [0.3, 0.4) is 0 Å². The molecule has 0 aromatic heterocycles. The van der Waals surface area contributed by atoms with Gasteiger partial charge in [-0.05, 0) is 25.3 Å². The van der Waals surface area contributed by atoms with Crippen LogP contribution in [0.1, 0.15) is 18.5 Å². The molecule has 3 heteroatoms. The van der Waals surface area contributed by atoms with Crippen molar-refractivity contribution in [2.45, 2.75) is 17.9 Å². The van der Waals surface area contributed by atoms with E-state index in [1.165, 1.54) is 17.8 Å². The lowest BCUT2D eigenvalue weighted by Gasteiger charge is -2.11. The van der Waals surface area contributed by atoms with Crippen LogP contribution in [0.2, 0.25) is 0 Å². The zero-order valence-corrected chi connectivity index (χ0v) is 7.99. The van der Waals surface area contributed by atoms with Gasteiger partial charge in [-0.1, -0.05) is 6.07 Å². The molecule has 0 amide bonds. The Morgan fingerprint density at radius 1 is 1.50 bits per heavy atom. The molecule has 0 bridgehead atoms. The summed E-state index contributed by atoms with van der Waals surface area (Å²) < 4.78 is 13.2. The van der Waals surface area contributed by atoms with Gasteiger partial charge in [0.1, 0.15) is 5.82 Å². The second-order valence-electron chi connectivity index (χ2n) is 2.64. The third-order valence-corrected chi connectivity index (χ3v) is 2.48. The summed E-state index contributed by atoms with van der Waals surface area (Å²) in [5, 5.41) is 0. The summed E-state index contributed by atoms with van der Waals surface area (Å²) in [4.78, 5) is 0.921. The highest BCUT2D eigenvalue weighted by molar-refractivity contribution is 7.98. The maximum atomic E-state index is 13.2. The third-order valence-electron chi connectivity index (χ3n) is 1.69. The van der Waals surface area contributed by atoms with E-state index in [9.17, 15) is 4.39 Å². The third kappa shape index (κ3) is 1.79. The maximum Gasteiger partial charge on any atom is 0.129 e. The number of halogens is 1. The molecular weight excluding hydrogens is 173 g/mol. The van der Waals surface area contributed by atoms with Crippen molar-refractivity contribution in [1.82, 2.24) is 0 Å². The molecular formula is C9H12FNS. The molecule has 0 spiro atoms. The van der Waals surface area contributed by atoms with Crippen molar-refractivity contribution < 1.29 is 4.39 Å². The molecule has 0 aliphatic rings. The van der Waals surface area contributed by atoms with Gasteiger partial charge in [-0.2, -0.15) is 0 Å². The summed E-state index contributed by atoms with van der Waals surface area (Å²) in [7, 11) is 0. The molecule has 2 N–H and O–H groups in total. The van der Waals surface area contributed by atoms with Gasteiger partial charge in [-0.3, -0.25) is 0 Å². The lowest BCUT2D eigenvalue weighted by Crippen LogP contribution is -2.08. The molecule has 0 aliphatic heterocycles. The van der Waals surface area contributed by atoms with Crippen LogP contribution in [-0.2, 0) is 0 Å². The Labute approximate surface area is 76.2 Å². The van der Waals surface area contributed by atoms with Gasteiger partial charge < -0.3 is 5.73 Å². The van der Waals surface area contributed by atoms with E-state index in [-0.39, 0.29) is 11.9 Å². The Bertz CT molecular complexity index is 273. The summed E-state index contributed by atoms with van der Waals surface area (Å²) in [5.74, 6) is -0.211. The van der Waals surface area contributed by atoms with Crippen molar-refractivity contribution in [3.63, 3.8) is 0 Å². The topological polar surface area (TPSA) is 26.0 Å². The highest BCUT2D eigenvalue weighted by Gasteiger charge is 2.10. The molecule has 1 aromatic rings. The minimum atomic E-state index is -0.242. The van der Waals surface area contributed by atoms with Gasteiger partial charge in [0, 0.05) is 16.5 Å². The largest absolute Gasteiger partial charge is 0.324 e. The predicted molar refractivity (Wildman–Crippen MR) is 50.8 cm³/mol. The second-order valence-corrected chi connectivity index (χ2v) is 3.49. The van der Waals surface area contributed by atoms with E-state index in [0.717, 1.165) is 4.90 Å². The first-order valence-electron chi connectivity index (χ1n) is 3.74. The zero-order valence-electron chi connectivity index (χ0n) is 7.17. The molecule has 0 fully saturated rings. The molecule has 66 valence electrons. The van der Waals surface area contributed by atoms with Crippen LogP contribution in [0.5, 0.6) is 0 Å². The maximum absolute atomic E-state index is 13.2. The Hall–Kier alpha value is -0.540. The van der Waals surface area contributed by atoms with Gasteiger partial charge in [0.15, 0.2) is 0 Å². The summed E-state index contributed by atoms with van der Waals surface area (Å²) in [6.45, 7) is 1.79. The molecule has 0 heterocycles. The minimum Gasteiger partial charge on any atom is -0.324 e. The molecule has 1 nitrogen and oxygen atoms in total. The monoisotopic (exact) mass is 185 g/mol. The fourth-order valence-electron chi connectivity index (χ4n) is 1.14. The number of thioether (sulfide) groups is 1. The fraction of sp³-hybridized carbons (Fsp3) is 0.333. The summed E-state index contributed by atoms with van der Waals surface area (Å²) >= 11 is 1.52. The zero-order chi connectivity index (χ0) is 9.14. The Morgan fingerprint density at radius 2 is 2.17 bits per heavy atom. The van der Waals surface area contributed by atoms with E-state index in [4.69, 9.17) is 5.73 Å². The van der Waals surface area contributed by atoms with Gasteiger partial charge in [0.05, 0.1) is 0 Å². The van der Waals surface area contributed by atoms with Crippen molar-refractivity contribution in [2.24, 2.45) is 5.73 Å². The van der Waals surface area contributed by atoms with Gasteiger partial charge in [0.2, 0.25) is 0 Å². The molecule has 1 aromatic carbocycles. The van der Waals surface area contributed by atoms with Crippen LogP contribution in [0, 0.1) is 5.82 Å². The van der Waals surface area contributed by atoms with Gasteiger partial charge in [-0.25, -0.2) is 4.39 Å². The average molecular weight is 185 g/mol. The van der Waals surface area contributed by atoms with Crippen LogP contribution in [0.15, 0.2) is 23.1 Å². The van der Waals surface area contributed by atoms with E-state index < -0.39 is 0 Å². The first kappa shape index (κ1) is 9.55. The van der Waals surface area contributed by atoms with E-state index >= 15 is 0 Å². The summed E-state index contributed by atoms with van der Waals surface area (Å²) in [6.07, 6.45) is 1.92. The first-order valence-corrected chi connectivity index (χ1v) is 4.97. The smallest absolute Gasteiger partial charge is 0.129 e. The van der Waals surface area contributed by atoms with Gasteiger partial charge in [-0.15, -0.1) is 11.8 Å². The molecule has 0 unspecified atom stereocenters. The van der Waals surface area contributed by atoms with Crippen LogP contribution in [0.25, 0.3) is 0 Å². The number of rotatable bonds is 2. The molecule has 0 radical (unpaired) electrons. The van der Waals surface area contributed by atoms with E-state index in [1.807, 2.05) is 12.3 Å². The van der Waals surface area contributed by atoms with Crippen LogP contribution in [0.4, 0.5) is 4.39 Å². The Kier molecular flexibility index (Phi) is 3.12. The summed E-state index contributed by atoms with van der Waals surface area (Å²) in [5.41, 5.74) is 6.25. The number of benzene rings is 1. The van der Waals surface area contributed by atoms with Gasteiger partial charge in [0.25, 0.3) is 0 Å². The van der Waals surface area contributed by atoms with Crippen molar-refractivity contribution in [3.8, 4) is 0 Å². The van der Waals surface area contributed by atoms with E-state index in [1.54, 1.807) is 13.0 Å². The Morgan fingerprint density at radius 3 is 2.58 bits per heavy atom. The highest BCUT2D eigenvalue weighted by atomic mass is 32.2. The number of hydrogen-bond acceptors (Lipinski definition) is 2. The molecule has 1 rings (SSSR count). The Balaban J connectivity index is 3.20. The fourth-order valence-corrected chi connectivity index (χ4v) is 1.86. The standard InChI is InChI=1S/C9H12FNS/c1-6(11)9-7(10)4-3-5-8(9)12-2/h3-6H,11H2,1-2H3/t6-/m0/s1. The van der Waals surface area contributed by atoms with Crippen molar-refractivity contribution in [2.75, 3.05) is 6.26 Å². The quantitative estimate of drug-likeness (QED) is 0.717. The number of nitrogens with two attached hydrogens (primary N) is 1. The normalized spacial score (nSPS) is 13.0. The molecule has 1 atom stereocenters. The minimum absolute atomic E-state index is 0.211. The van der Waals surface area contributed by atoms with Crippen molar-refractivity contribution >= 4 is 11.8 Å². The molecule has 0 aliphatic carbocycles. The summed E-state index contributed by atoms with van der Waals surface area (Å²) in [6, 6.07) is 4.78. The second kappa shape index (κ2) is 3.92. The van der Waals surface area contributed by atoms with E-state index in [0.29, 0.717) is 5.56 Å². The SMILES string of the molecule is CSc1cccc(F)c1[C@H](C)N. The highest BCUT2D eigenvalue weighted by Crippen LogP contribution is 2.26. The predicted octanol–water partition coefficient (Wildman–Crippen LogP) is 2.57. The van der Waals surface area contributed by atoms with Crippen LogP contribution in [-0.4, -0.2) is 6.26 Å². The number of hydrogen-bond donors (Lipinski definition) is 1. The van der Waals surface area contributed by atoms with Gasteiger partial charge >= 0.3 is 0 Å². The van der Waals surface area contributed by atoms with Crippen molar-refractivity contribution in [3.05, 3.63) is 29.6 Å². The van der Waals surface area contributed by atoms with Crippen molar-refractivity contribution in [1.29, 1.82) is 0 Å². The molecule has 0 saturated carbocycles. The lowest BCUT2D eigenvalue weighted by molar-refractivity contribution is 0.585. The lowest BCUT2D eigenvalue weighted by atomic mass is 10.1.